The fourth-order valence-electron chi connectivity index (χ4n) is 5.76. The van der Waals surface area contributed by atoms with Crippen LogP contribution in [0.5, 0.6) is 11.5 Å². The summed E-state index contributed by atoms with van der Waals surface area (Å²) >= 11 is 0. The highest BCUT2D eigenvalue weighted by atomic mass is 32.2. The zero-order chi connectivity index (χ0) is 29.3. The number of aliphatic hydroxyl groups is 1. The number of hydrogen-bond acceptors (Lipinski definition) is 6. The molecule has 0 radical (unpaired) electrons. The second-order valence-corrected chi connectivity index (χ2v) is 13.4. The molecular weight excluding hydrogens is 540 g/mol. The minimum Gasteiger partial charge on any atom is -0.457 e. The Hall–Kier alpha value is -2.82. The van der Waals surface area contributed by atoms with Crippen LogP contribution in [0.1, 0.15) is 70.3 Å². The van der Waals surface area contributed by atoms with Crippen LogP contribution in [-0.4, -0.2) is 73.4 Å². The van der Waals surface area contributed by atoms with Crippen molar-refractivity contribution in [2.75, 3.05) is 37.2 Å². The van der Waals surface area contributed by atoms with Crippen molar-refractivity contribution in [3.8, 4) is 11.5 Å². The Balaban J connectivity index is 1.24. The van der Waals surface area contributed by atoms with E-state index in [4.69, 9.17) is 4.74 Å². The van der Waals surface area contributed by atoms with E-state index >= 15 is 0 Å². The third-order valence-corrected chi connectivity index (χ3v) is 8.69. The monoisotopic (exact) mass is 586 g/mol. The first-order chi connectivity index (χ1) is 19.6. The van der Waals surface area contributed by atoms with Gasteiger partial charge in [0.15, 0.2) is 0 Å². The zero-order valence-electron chi connectivity index (χ0n) is 24.5. The number of likely N-dealkylation sites (tertiary alicyclic amines) is 1. The van der Waals surface area contributed by atoms with Gasteiger partial charge in [0.05, 0.1) is 11.9 Å². The third-order valence-electron chi connectivity index (χ3n) is 8.09. The van der Waals surface area contributed by atoms with E-state index in [0.717, 1.165) is 83.8 Å². The molecule has 41 heavy (non-hydrogen) atoms. The van der Waals surface area contributed by atoms with E-state index in [2.05, 4.69) is 34.0 Å². The highest BCUT2D eigenvalue weighted by Gasteiger charge is 2.32. The number of hydrogen-bond donors (Lipinski definition) is 3. The number of amides is 2. The van der Waals surface area contributed by atoms with E-state index in [1.165, 1.54) is 12.0 Å². The first-order valence-electron chi connectivity index (χ1n) is 15.0. The second kappa shape index (κ2) is 14.4. The van der Waals surface area contributed by atoms with Crippen molar-refractivity contribution in [2.45, 2.75) is 82.9 Å². The summed E-state index contributed by atoms with van der Waals surface area (Å²) in [5, 5.41) is 13.9. The predicted molar refractivity (Wildman–Crippen MR) is 163 cm³/mol. The van der Waals surface area contributed by atoms with Crippen molar-refractivity contribution in [2.24, 2.45) is 0 Å². The highest BCUT2D eigenvalue weighted by Crippen LogP contribution is 2.28. The number of nitrogens with one attached hydrogen (secondary N) is 2. The van der Waals surface area contributed by atoms with E-state index in [0.29, 0.717) is 23.7 Å². The lowest BCUT2D eigenvalue weighted by Gasteiger charge is -2.39. The lowest BCUT2D eigenvalue weighted by molar-refractivity contribution is 0.00535. The molecule has 0 unspecified atom stereocenters. The molecule has 0 spiro atoms. The van der Waals surface area contributed by atoms with Gasteiger partial charge in [-0.3, -0.25) is 9.62 Å². The number of unbranched alkanes of at least 4 members (excludes halogenated alkanes) is 1. The minimum absolute atomic E-state index is 0.0345. The van der Waals surface area contributed by atoms with E-state index in [1.54, 1.807) is 24.3 Å². The lowest BCUT2D eigenvalue weighted by Crippen LogP contribution is -2.53. The van der Waals surface area contributed by atoms with E-state index < -0.39 is 15.6 Å². The molecule has 1 saturated heterocycles. The number of ether oxygens (including phenoxy) is 1. The summed E-state index contributed by atoms with van der Waals surface area (Å²) < 4.78 is 31.1. The molecule has 0 atom stereocenters. The fourth-order valence-corrected chi connectivity index (χ4v) is 6.32. The normalized spacial score (nSPS) is 18.0. The first kappa shape index (κ1) is 31.1. The second-order valence-electron chi connectivity index (χ2n) is 11.6. The number of urea groups is 1. The molecule has 2 aliphatic rings. The Kier molecular flexibility index (Phi) is 10.9. The number of piperidine rings is 1. The third kappa shape index (κ3) is 9.90. The van der Waals surface area contributed by atoms with Crippen LogP contribution in [0.2, 0.25) is 0 Å². The van der Waals surface area contributed by atoms with Crippen LogP contribution in [0, 0.1) is 0 Å². The van der Waals surface area contributed by atoms with E-state index in [-0.39, 0.29) is 12.1 Å². The van der Waals surface area contributed by atoms with Gasteiger partial charge in [-0.2, -0.15) is 0 Å². The van der Waals surface area contributed by atoms with Crippen LogP contribution in [0.3, 0.4) is 0 Å². The Morgan fingerprint density at radius 3 is 2.22 bits per heavy atom. The van der Waals surface area contributed by atoms with Gasteiger partial charge in [0, 0.05) is 44.5 Å². The van der Waals surface area contributed by atoms with Crippen molar-refractivity contribution in [3.63, 3.8) is 0 Å². The summed E-state index contributed by atoms with van der Waals surface area (Å²) in [6.07, 6.45) is 9.77. The summed E-state index contributed by atoms with van der Waals surface area (Å²) in [6.45, 7) is 5.94. The standard InChI is InChI=1S/C31H46N4O5S/c1-3-4-20-35(30(36)32-24-31(37)18-6-5-7-19-31)27-16-21-34(22-17-27)23-25-8-12-28(13-9-25)40-29-14-10-26(11-15-29)33-41(2,38)39/h8-15,27,33,37H,3-7,16-24H2,1-2H3,(H,32,36). The number of benzene rings is 2. The molecule has 1 aliphatic heterocycles. The Labute approximate surface area is 245 Å². The van der Waals surface area contributed by atoms with Gasteiger partial charge < -0.3 is 20.1 Å². The van der Waals surface area contributed by atoms with Gasteiger partial charge in [0.1, 0.15) is 11.5 Å². The summed E-state index contributed by atoms with van der Waals surface area (Å²) in [5.74, 6) is 1.34. The molecule has 4 rings (SSSR count). The Morgan fingerprint density at radius 2 is 1.63 bits per heavy atom. The molecule has 1 aliphatic carbocycles. The SMILES string of the molecule is CCCCN(C(=O)NCC1(O)CCCCC1)C1CCN(Cc2ccc(Oc3ccc(NS(C)(=O)=O)cc3)cc2)CC1. The topological polar surface area (TPSA) is 111 Å². The largest absolute Gasteiger partial charge is 0.457 e. The molecule has 2 amide bonds. The van der Waals surface area contributed by atoms with E-state index in [9.17, 15) is 18.3 Å². The average Bonchev–Trinajstić information content (AvgIpc) is 2.95. The van der Waals surface area contributed by atoms with Gasteiger partial charge in [-0.05, 0) is 74.1 Å². The molecule has 0 bridgehead atoms. The molecule has 10 heteroatoms. The van der Waals surface area contributed by atoms with Gasteiger partial charge in [0.2, 0.25) is 10.0 Å². The molecule has 1 heterocycles. The van der Waals surface area contributed by atoms with Crippen LogP contribution in [-0.2, 0) is 16.6 Å². The molecule has 1 saturated carbocycles. The quantitative estimate of drug-likeness (QED) is 0.310. The van der Waals surface area contributed by atoms with Crippen LogP contribution < -0.4 is 14.8 Å². The van der Waals surface area contributed by atoms with Crippen molar-refractivity contribution < 1.29 is 23.1 Å². The number of carbonyl (C=O) groups excluding carboxylic acids is 1. The lowest BCUT2D eigenvalue weighted by atomic mass is 9.85. The smallest absolute Gasteiger partial charge is 0.317 e. The van der Waals surface area contributed by atoms with Crippen LogP contribution in [0.15, 0.2) is 48.5 Å². The average molecular weight is 587 g/mol. The predicted octanol–water partition coefficient (Wildman–Crippen LogP) is 5.32. The maximum absolute atomic E-state index is 13.2. The summed E-state index contributed by atoms with van der Waals surface area (Å²) in [7, 11) is -3.31. The Bertz CT molecular complexity index is 1210. The zero-order valence-corrected chi connectivity index (χ0v) is 25.3. The van der Waals surface area contributed by atoms with Crippen molar-refractivity contribution in [1.82, 2.24) is 15.1 Å². The van der Waals surface area contributed by atoms with Gasteiger partial charge in [-0.25, -0.2) is 13.2 Å². The molecular formula is C31H46N4O5S. The number of nitrogens with zero attached hydrogens (tertiary/aromatic N) is 2. The molecule has 3 N–H and O–H groups in total. The molecule has 9 nitrogen and oxygen atoms in total. The minimum atomic E-state index is -3.31. The van der Waals surface area contributed by atoms with E-state index in [1.807, 2.05) is 17.0 Å². The summed E-state index contributed by atoms with van der Waals surface area (Å²) in [5.41, 5.74) is 0.937. The molecule has 0 aromatic heterocycles. The van der Waals surface area contributed by atoms with Gasteiger partial charge in [-0.1, -0.05) is 44.7 Å². The number of carbonyl (C=O) groups is 1. The highest BCUT2D eigenvalue weighted by molar-refractivity contribution is 7.92. The fraction of sp³-hybridized carbons (Fsp3) is 0.581. The van der Waals surface area contributed by atoms with Crippen molar-refractivity contribution >= 4 is 21.7 Å². The van der Waals surface area contributed by atoms with Crippen molar-refractivity contribution in [3.05, 3.63) is 54.1 Å². The molecule has 226 valence electrons. The summed E-state index contributed by atoms with van der Waals surface area (Å²) in [4.78, 5) is 17.6. The molecule has 2 aromatic rings. The van der Waals surface area contributed by atoms with Gasteiger partial charge >= 0.3 is 6.03 Å². The van der Waals surface area contributed by atoms with Gasteiger partial charge in [0.25, 0.3) is 0 Å². The van der Waals surface area contributed by atoms with Crippen molar-refractivity contribution in [1.29, 1.82) is 0 Å². The Morgan fingerprint density at radius 1 is 1.02 bits per heavy atom. The molecule has 2 aromatic carbocycles. The van der Waals surface area contributed by atoms with Gasteiger partial charge in [-0.15, -0.1) is 0 Å². The maximum Gasteiger partial charge on any atom is 0.317 e. The van der Waals surface area contributed by atoms with Crippen LogP contribution in [0.25, 0.3) is 0 Å². The maximum atomic E-state index is 13.2. The van der Waals surface area contributed by atoms with Crippen LogP contribution >= 0.6 is 0 Å². The summed E-state index contributed by atoms with van der Waals surface area (Å²) in [6, 6.07) is 15.0. The number of rotatable bonds is 12. The molecule has 2 fully saturated rings. The first-order valence-corrected chi connectivity index (χ1v) is 16.9. The number of sulfonamides is 1. The number of anilines is 1. The van der Waals surface area contributed by atoms with Crippen LogP contribution in [0.4, 0.5) is 10.5 Å².